The average molecular weight is 344 g/mol. The summed E-state index contributed by atoms with van der Waals surface area (Å²) in [6.45, 7) is 4.32. The van der Waals surface area contributed by atoms with Crippen molar-refractivity contribution in [2.45, 2.75) is 44.9 Å². The largest absolute Gasteiger partial charge is 0.396 e. The molecule has 2 saturated heterocycles. The Labute approximate surface area is 151 Å². The smallest absolute Gasteiger partial charge is 0.236 e. The molecule has 2 heterocycles. The van der Waals surface area contributed by atoms with Gasteiger partial charge in [0.25, 0.3) is 0 Å². The maximum atomic E-state index is 12.7. The Morgan fingerprint density at radius 2 is 1.72 bits per heavy atom. The SMILES string of the molecule is O=C(CN1CCCC(CO)(Cc2ccccc2)C1)N1CCCCCC1. The molecule has 2 fully saturated rings. The summed E-state index contributed by atoms with van der Waals surface area (Å²) in [4.78, 5) is 17.0. The Hall–Kier alpha value is -1.39. The highest BCUT2D eigenvalue weighted by Gasteiger charge is 2.36. The molecule has 1 amide bonds. The van der Waals surface area contributed by atoms with Crippen LogP contribution >= 0.6 is 0 Å². The average Bonchev–Trinajstić information content (AvgIpc) is 2.92. The minimum Gasteiger partial charge on any atom is -0.396 e. The number of aliphatic hydroxyl groups excluding tert-OH is 1. The van der Waals surface area contributed by atoms with E-state index in [1.165, 1.54) is 18.4 Å². The number of benzene rings is 1. The van der Waals surface area contributed by atoms with Gasteiger partial charge in [0.2, 0.25) is 5.91 Å². The molecule has 0 saturated carbocycles. The summed E-state index contributed by atoms with van der Waals surface area (Å²) in [5, 5.41) is 10.1. The molecule has 3 rings (SSSR count). The normalized spacial score (nSPS) is 25.6. The van der Waals surface area contributed by atoms with E-state index in [1.54, 1.807) is 0 Å². The van der Waals surface area contributed by atoms with E-state index in [9.17, 15) is 9.90 Å². The van der Waals surface area contributed by atoms with Crippen molar-refractivity contribution in [3.63, 3.8) is 0 Å². The maximum absolute atomic E-state index is 12.7. The van der Waals surface area contributed by atoms with Crippen molar-refractivity contribution in [2.24, 2.45) is 5.41 Å². The minimum absolute atomic E-state index is 0.112. The maximum Gasteiger partial charge on any atom is 0.236 e. The molecular formula is C21H32N2O2. The van der Waals surface area contributed by atoms with Crippen LogP contribution in [0.5, 0.6) is 0 Å². The first kappa shape index (κ1) is 18.4. The Morgan fingerprint density at radius 3 is 2.40 bits per heavy atom. The number of carbonyl (C=O) groups excluding carboxylic acids is 1. The molecular weight excluding hydrogens is 312 g/mol. The zero-order valence-corrected chi connectivity index (χ0v) is 15.3. The van der Waals surface area contributed by atoms with E-state index < -0.39 is 0 Å². The van der Waals surface area contributed by atoms with Gasteiger partial charge in [-0.1, -0.05) is 43.2 Å². The van der Waals surface area contributed by atoms with Crippen molar-refractivity contribution in [2.75, 3.05) is 39.3 Å². The van der Waals surface area contributed by atoms with Crippen LogP contribution in [-0.2, 0) is 11.2 Å². The molecule has 1 unspecified atom stereocenters. The molecule has 0 bridgehead atoms. The van der Waals surface area contributed by atoms with E-state index in [4.69, 9.17) is 0 Å². The second-order valence-electron chi connectivity index (χ2n) is 7.93. The van der Waals surface area contributed by atoms with E-state index >= 15 is 0 Å². The van der Waals surface area contributed by atoms with Gasteiger partial charge in [0.1, 0.15) is 0 Å². The first-order valence-electron chi connectivity index (χ1n) is 9.86. The number of hydrogen-bond acceptors (Lipinski definition) is 3. The summed E-state index contributed by atoms with van der Waals surface area (Å²) in [6.07, 6.45) is 7.75. The third-order valence-electron chi connectivity index (χ3n) is 5.82. The number of piperidine rings is 1. The van der Waals surface area contributed by atoms with Crippen LogP contribution in [0.15, 0.2) is 30.3 Å². The molecule has 4 nitrogen and oxygen atoms in total. The highest BCUT2D eigenvalue weighted by molar-refractivity contribution is 5.78. The van der Waals surface area contributed by atoms with Crippen molar-refractivity contribution >= 4 is 5.91 Å². The molecule has 0 radical (unpaired) electrons. The number of hydrogen-bond donors (Lipinski definition) is 1. The first-order chi connectivity index (χ1) is 12.2. The monoisotopic (exact) mass is 344 g/mol. The number of carbonyl (C=O) groups is 1. The standard InChI is InChI=1S/C21H32N2O2/c24-18-21(15-19-9-4-3-5-10-19)11-8-12-22(17-21)16-20(25)23-13-6-1-2-7-14-23/h3-5,9-10,24H,1-2,6-8,11-18H2. The van der Waals surface area contributed by atoms with Crippen molar-refractivity contribution < 1.29 is 9.90 Å². The van der Waals surface area contributed by atoms with Gasteiger partial charge in [0.05, 0.1) is 13.2 Å². The summed E-state index contributed by atoms with van der Waals surface area (Å²) in [5.41, 5.74) is 1.16. The molecule has 4 heteroatoms. The highest BCUT2D eigenvalue weighted by atomic mass is 16.3. The number of likely N-dealkylation sites (tertiary alicyclic amines) is 2. The highest BCUT2D eigenvalue weighted by Crippen LogP contribution is 2.33. The van der Waals surface area contributed by atoms with Crippen LogP contribution in [0.1, 0.15) is 44.1 Å². The second kappa shape index (κ2) is 8.81. The van der Waals surface area contributed by atoms with Gasteiger partial charge in [-0.25, -0.2) is 0 Å². The van der Waals surface area contributed by atoms with E-state index in [0.717, 1.165) is 58.3 Å². The predicted octanol–water partition coefficient (Wildman–Crippen LogP) is 2.71. The van der Waals surface area contributed by atoms with Gasteiger partial charge in [-0.15, -0.1) is 0 Å². The number of amides is 1. The summed E-state index contributed by atoms with van der Waals surface area (Å²) >= 11 is 0. The quantitative estimate of drug-likeness (QED) is 0.893. The fourth-order valence-corrected chi connectivity index (χ4v) is 4.41. The molecule has 1 atom stereocenters. The fourth-order valence-electron chi connectivity index (χ4n) is 4.41. The second-order valence-corrected chi connectivity index (χ2v) is 7.93. The van der Waals surface area contributed by atoms with Gasteiger partial charge >= 0.3 is 0 Å². The van der Waals surface area contributed by atoms with Gasteiger partial charge < -0.3 is 10.0 Å². The molecule has 1 aromatic rings. The number of aliphatic hydroxyl groups is 1. The Bertz CT molecular complexity index is 540. The van der Waals surface area contributed by atoms with Crippen molar-refractivity contribution in [1.29, 1.82) is 0 Å². The van der Waals surface area contributed by atoms with E-state index in [1.807, 2.05) is 6.07 Å². The Kier molecular flexibility index (Phi) is 6.49. The van der Waals surface area contributed by atoms with Crippen molar-refractivity contribution in [3.8, 4) is 0 Å². The van der Waals surface area contributed by atoms with Crippen molar-refractivity contribution in [3.05, 3.63) is 35.9 Å². The lowest BCUT2D eigenvalue weighted by Crippen LogP contribution is -2.50. The zero-order valence-electron chi connectivity index (χ0n) is 15.3. The lowest BCUT2D eigenvalue weighted by molar-refractivity contribution is -0.133. The predicted molar refractivity (Wildman–Crippen MR) is 100 cm³/mol. The molecule has 1 aromatic carbocycles. The lowest BCUT2D eigenvalue weighted by Gasteiger charge is -2.42. The summed E-state index contributed by atoms with van der Waals surface area (Å²) in [6, 6.07) is 10.4. The van der Waals surface area contributed by atoms with Crippen LogP contribution in [-0.4, -0.2) is 60.1 Å². The summed E-state index contributed by atoms with van der Waals surface area (Å²) in [7, 11) is 0. The van der Waals surface area contributed by atoms with Crippen LogP contribution in [0.25, 0.3) is 0 Å². The molecule has 25 heavy (non-hydrogen) atoms. The minimum atomic E-state index is -0.112. The molecule has 0 spiro atoms. The topological polar surface area (TPSA) is 43.8 Å². The summed E-state index contributed by atoms with van der Waals surface area (Å²) < 4.78 is 0. The van der Waals surface area contributed by atoms with Crippen molar-refractivity contribution in [1.82, 2.24) is 9.80 Å². The lowest BCUT2D eigenvalue weighted by atomic mass is 9.75. The van der Waals surface area contributed by atoms with Crippen LogP contribution in [0, 0.1) is 5.41 Å². The summed E-state index contributed by atoms with van der Waals surface area (Å²) in [5.74, 6) is 0.273. The molecule has 2 aliphatic heterocycles. The fraction of sp³-hybridized carbons (Fsp3) is 0.667. The van der Waals surface area contributed by atoms with E-state index in [0.29, 0.717) is 6.54 Å². The van der Waals surface area contributed by atoms with Crippen LogP contribution in [0.2, 0.25) is 0 Å². The number of nitrogens with zero attached hydrogens (tertiary/aromatic N) is 2. The molecule has 0 aliphatic carbocycles. The van der Waals surface area contributed by atoms with E-state index in [2.05, 4.69) is 34.1 Å². The van der Waals surface area contributed by atoms with E-state index in [-0.39, 0.29) is 17.9 Å². The number of rotatable bonds is 5. The first-order valence-corrected chi connectivity index (χ1v) is 9.86. The van der Waals surface area contributed by atoms with Gasteiger partial charge in [0, 0.05) is 25.0 Å². The van der Waals surface area contributed by atoms with Gasteiger partial charge in [-0.05, 0) is 44.2 Å². The van der Waals surface area contributed by atoms with Gasteiger partial charge in [-0.2, -0.15) is 0 Å². The third-order valence-corrected chi connectivity index (χ3v) is 5.82. The molecule has 138 valence electrons. The van der Waals surface area contributed by atoms with Gasteiger partial charge in [-0.3, -0.25) is 9.69 Å². The third kappa shape index (κ3) is 5.05. The van der Waals surface area contributed by atoms with Crippen LogP contribution < -0.4 is 0 Å². The van der Waals surface area contributed by atoms with Crippen LogP contribution in [0.4, 0.5) is 0 Å². The zero-order chi connectivity index (χ0) is 17.5. The Morgan fingerprint density at radius 1 is 1.00 bits per heavy atom. The molecule has 1 N–H and O–H groups in total. The molecule has 2 aliphatic rings. The molecule has 0 aromatic heterocycles. The van der Waals surface area contributed by atoms with Gasteiger partial charge in [0.15, 0.2) is 0 Å². The Balaban J connectivity index is 1.60. The van der Waals surface area contributed by atoms with Crippen LogP contribution in [0.3, 0.4) is 0 Å².